The normalized spacial score (nSPS) is 29.8. The molecule has 1 N–H and O–H groups in total. The molecule has 0 aliphatic carbocycles. The molecule has 0 radical (unpaired) electrons. The molecule has 3 nitrogen and oxygen atoms in total. The molecule has 0 aromatic heterocycles. The first-order valence-electron chi connectivity index (χ1n) is 7.42. The van der Waals surface area contributed by atoms with Crippen molar-refractivity contribution in [1.29, 1.82) is 0 Å². The van der Waals surface area contributed by atoms with Gasteiger partial charge in [0.2, 0.25) is 0 Å². The standard InChI is InChI=1S/C14H28N2O/c1-2-14-4-9-16(8-3-7-15-14)12-13-5-10-17-11-6-13/h13-15H,2-12H2,1H3. The fourth-order valence-electron chi connectivity index (χ4n) is 2.99. The zero-order valence-corrected chi connectivity index (χ0v) is 11.3. The highest BCUT2D eigenvalue weighted by Crippen LogP contribution is 2.17. The van der Waals surface area contributed by atoms with Crippen LogP contribution in [0.15, 0.2) is 0 Å². The van der Waals surface area contributed by atoms with Gasteiger partial charge in [0.25, 0.3) is 0 Å². The van der Waals surface area contributed by atoms with E-state index in [2.05, 4.69) is 17.1 Å². The quantitative estimate of drug-likeness (QED) is 0.815. The summed E-state index contributed by atoms with van der Waals surface area (Å²) in [6.07, 6.45) is 6.43. The molecule has 3 heteroatoms. The molecule has 1 unspecified atom stereocenters. The van der Waals surface area contributed by atoms with E-state index >= 15 is 0 Å². The molecule has 2 aliphatic heterocycles. The maximum absolute atomic E-state index is 5.44. The summed E-state index contributed by atoms with van der Waals surface area (Å²) in [6, 6.07) is 0.743. The van der Waals surface area contributed by atoms with E-state index in [4.69, 9.17) is 4.74 Å². The monoisotopic (exact) mass is 240 g/mol. The molecule has 0 spiro atoms. The smallest absolute Gasteiger partial charge is 0.0469 e. The zero-order valence-electron chi connectivity index (χ0n) is 11.3. The van der Waals surface area contributed by atoms with Gasteiger partial charge in [0, 0.05) is 25.8 Å². The average Bonchev–Trinajstić information content (AvgIpc) is 2.35. The summed E-state index contributed by atoms with van der Waals surface area (Å²) < 4.78 is 5.44. The molecule has 2 fully saturated rings. The van der Waals surface area contributed by atoms with Crippen molar-refractivity contribution in [3.8, 4) is 0 Å². The highest BCUT2D eigenvalue weighted by Gasteiger charge is 2.19. The van der Waals surface area contributed by atoms with Crippen LogP contribution in [0.5, 0.6) is 0 Å². The largest absolute Gasteiger partial charge is 0.381 e. The number of rotatable bonds is 3. The number of nitrogens with one attached hydrogen (secondary N) is 1. The third-order valence-electron chi connectivity index (χ3n) is 4.23. The lowest BCUT2D eigenvalue weighted by Crippen LogP contribution is -2.41. The van der Waals surface area contributed by atoms with Crippen molar-refractivity contribution in [2.45, 2.75) is 45.1 Å². The molecular weight excluding hydrogens is 212 g/mol. The molecule has 2 rings (SSSR count). The molecule has 0 saturated carbocycles. The maximum atomic E-state index is 5.44. The fourth-order valence-corrected chi connectivity index (χ4v) is 2.99. The summed E-state index contributed by atoms with van der Waals surface area (Å²) in [5.41, 5.74) is 0. The van der Waals surface area contributed by atoms with Gasteiger partial charge < -0.3 is 15.0 Å². The number of hydrogen-bond donors (Lipinski definition) is 1. The maximum Gasteiger partial charge on any atom is 0.0469 e. The second kappa shape index (κ2) is 7.34. The molecular formula is C14H28N2O. The van der Waals surface area contributed by atoms with Gasteiger partial charge in [-0.05, 0) is 57.7 Å². The van der Waals surface area contributed by atoms with Gasteiger partial charge in [0.15, 0.2) is 0 Å². The third kappa shape index (κ3) is 4.57. The van der Waals surface area contributed by atoms with Crippen LogP contribution in [0, 0.1) is 5.92 Å². The van der Waals surface area contributed by atoms with Crippen LogP contribution in [0.4, 0.5) is 0 Å². The Bertz CT molecular complexity index is 204. The van der Waals surface area contributed by atoms with Gasteiger partial charge in [-0.1, -0.05) is 6.92 Å². The molecule has 2 saturated heterocycles. The molecule has 2 heterocycles. The minimum atomic E-state index is 0.743. The van der Waals surface area contributed by atoms with Crippen LogP contribution in [-0.4, -0.2) is 50.3 Å². The summed E-state index contributed by atoms with van der Waals surface area (Å²) in [7, 11) is 0. The van der Waals surface area contributed by atoms with E-state index < -0.39 is 0 Å². The van der Waals surface area contributed by atoms with Crippen LogP contribution in [-0.2, 0) is 4.74 Å². The molecule has 0 aromatic rings. The van der Waals surface area contributed by atoms with Gasteiger partial charge in [-0.15, -0.1) is 0 Å². The number of hydrogen-bond acceptors (Lipinski definition) is 3. The van der Waals surface area contributed by atoms with Crippen LogP contribution in [0.3, 0.4) is 0 Å². The summed E-state index contributed by atoms with van der Waals surface area (Å²) in [5, 5.41) is 3.65. The average molecular weight is 240 g/mol. The number of ether oxygens (including phenoxy) is 1. The topological polar surface area (TPSA) is 24.5 Å². The summed E-state index contributed by atoms with van der Waals surface area (Å²) in [4.78, 5) is 2.69. The minimum Gasteiger partial charge on any atom is -0.381 e. The lowest BCUT2D eigenvalue weighted by molar-refractivity contribution is 0.0509. The molecule has 0 aromatic carbocycles. The van der Waals surface area contributed by atoms with Crippen molar-refractivity contribution < 1.29 is 4.74 Å². The van der Waals surface area contributed by atoms with Crippen molar-refractivity contribution in [2.24, 2.45) is 5.92 Å². The van der Waals surface area contributed by atoms with Gasteiger partial charge in [-0.3, -0.25) is 0 Å². The fraction of sp³-hybridized carbons (Fsp3) is 1.00. The van der Waals surface area contributed by atoms with Crippen LogP contribution in [0.2, 0.25) is 0 Å². The molecule has 1 atom stereocenters. The van der Waals surface area contributed by atoms with Crippen LogP contribution >= 0.6 is 0 Å². The van der Waals surface area contributed by atoms with Gasteiger partial charge in [0.05, 0.1) is 0 Å². The van der Waals surface area contributed by atoms with Crippen molar-refractivity contribution in [3.63, 3.8) is 0 Å². The van der Waals surface area contributed by atoms with E-state index in [9.17, 15) is 0 Å². The molecule has 2 aliphatic rings. The van der Waals surface area contributed by atoms with Gasteiger partial charge in [-0.25, -0.2) is 0 Å². The second-order valence-electron chi connectivity index (χ2n) is 5.56. The lowest BCUT2D eigenvalue weighted by Gasteiger charge is -2.32. The Balaban J connectivity index is 1.74. The van der Waals surface area contributed by atoms with Crippen LogP contribution in [0.25, 0.3) is 0 Å². The Hall–Kier alpha value is -0.120. The molecule has 0 bridgehead atoms. The second-order valence-corrected chi connectivity index (χ2v) is 5.56. The van der Waals surface area contributed by atoms with Gasteiger partial charge in [0.1, 0.15) is 0 Å². The van der Waals surface area contributed by atoms with E-state index in [-0.39, 0.29) is 0 Å². The Morgan fingerprint density at radius 3 is 2.76 bits per heavy atom. The summed E-state index contributed by atoms with van der Waals surface area (Å²) >= 11 is 0. The third-order valence-corrected chi connectivity index (χ3v) is 4.23. The zero-order chi connectivity index (χ0) is 11.9. The Labute approximate surface area is 106 Å². The van der Waals surface area contributed by atoms with E-state index in [1.165, 1.54) is 58.3 Å². The van der Waals surface area contributed by atoms with E-state index in [1.54, 1.807) is 0 Å². The Morgan fingerprint density at radius 2 is 2.00 bits per heavy atom. The summed E-state index contributed by atoms with van der Waals surface area (Å²) in [6.45, 7) is 9.32. The van der Waals surface area contributed by atoms with Crippen molar-refractivity contribution in [2.75, 3.05) is 39.4 Å². The number of nitrogens with zero attached hydrogens (tertiary/aromatic N) is 1. The van der Waals surface area contributed by atoms with Crippen molar-refractivity contribution in [1.82, 2.24) is 10.2 Å². The predicted molar refractivity (Wildman–Crippen MR) is 71.3 cm³/mol. The molecule has 0 amide bonds. The first-order chi connectivity index (χ1) is 8.38. The highest BCUT2D eigenvalue weighted by molar-refractivity contribution is 4.75. The van der Waals surface area contributed by atoms with Crippen LogP contribution < -0.4 is 5.32 Å². The predicted octanol–water partition coefficient (Wildman–Crippen LogP) is 1.88. The Morgan fingerprint density at radius 1 is 1.18 bits per heavy atom. The van der Waals surface area contributed by atoms with Crippen molar-refractivity contribution >= 4 is 0 Å². The van der Waals surface area contributed by atoms with Gasteiger partial charge in [-0.2, -0.15) is 0 Å². The first-order valence-corrected chi connectivity index (χ1v) is 7.42. The molecule has 17 heavy (non-hydrogen) atoms. The van der Waals surface area contributed by atoms with E-state index in [0.29, 0.717) is 0 Å². The lowest BCUT2D eigenvalue weighted by atomic mass is 9.99. The Kier molecular flexibility index (Phi) is 5.75. The summed E-state index contributed by atoms with van der Waals surface area (Å²) in [5.74, 6) is 0.885. The minimum absolute atomic E-state index is 0.743. The van der Waals surface area contributed by atoms with E-state index in [0.717, 1.165) is 25.2 Å². The van der Waals surface area contributed by atoms with E-state index in [1.807, 2.05) is 0 Å². The SMILES string of the molecule is CCC1CCN(CC2CCOCC2)CCCN1. The first kappa shape index (κ1) is 13.3. The highest BCUT2D eigenvalue weighted by atomic mass is 16.5. The molecule has 100 valence electrons. The van der Waals surface area contributed by atoms with Gasteiger partial charge >= 0.3 is 0 Å². The van der Waals surface area contributed by atoms with Crippen LogP contribution in [0.1, 0.15) is 39.0 Å². The van der Waals surface area contributed by atoms with Crippen molar-refractivity contribution in [3.05, 3.63) is 0 Å².